The second-order valence-electron chi connectivity index (χ2n) is 4.61. The van der Waals surface area contributed by atoms with Gasteiger partial charge in [0.2, 0.25) is 0 Å². The lowest BCUT2D eigenvalue weighted by atomic mass is 10.1. The van der Waals surface area contributed by atoms with Crippen LogP contribution in [0.1, 0.15) is 42.2 Å². The Hall–Kier alpha value is -1.79. The molecule has 100 valence electrons. The van der Waals surface area contributed by atoms with Gasteiger partial charge in [-0.25, -0.2) is 9.37 Å². The van der Waals surface area contributed by atoms with Gasteiger partial charge in [0, 0.05) is 6.61 Å². The van der Waals surface area contributed by atoms with Crippen LogP contribution in [0.25, 0.3) is 0 Å². The van der Waals surface area contributed by atoms with Crippen molar-refractivity contribution >= 4 is 0 Å². The molecule has 0 amide bonds. The van der Waals surface area contributed by atoms with Gasteiger partial charge in [-0.2, -0.15) is 5.10 Å². The van der Waals surface area contributed by atoms with Crippen molar-refractivity contribution in [2.45, 2.75) is 25.0 Å². The summed E-state index contributed by atoms with van der Waals surface area (Å²) in [6, 6.07) is 5.57. The Kier molecular flexibility index (Phi) is 3.27. The lowest BCUT2D eigenvalue weighted by Gasteiger charge is -2.07. The molecule has 0 unspecified atom stereocenters. The third kappa shape index (κ3) is 2.50. The molecule has 2 heterocycles. The Labute approximate surface area is 110 Å². The molecular weight excluding hydrogens is 247 g/mol. The molecule has 1 fully saturated rings. The van der Waals surface area contributed by atoms with Crippen LogP contribution in [0.15, 0.2) is 24.3 Å². The van der Waals surface area contributed by atoms with E-state index in [1.807, 2.05) is 0 Å². The summed E-state index contributed by atoms with van der Waals surface area (Å²) in [5.41, 5.74) is 6.85. The third-order valence-electron chi connectivity index (χ3n) is 3.26. The van der Waals surface area contributed by atoms with Crippen LogP contribution in [-0.4, -0.2) is 21.8 Å². The minimum Gasteiger partial charge on any atom is -0.370 e. The second-order valence-corrected chi connectivity index (χ2v) is 4.61. The van der Waals surface area contributed by atoms with Gasteiger partial charge in [0.1, 0.15) is 11.9 Å². The highest BCUT2D eigenvalue weighted by atomic mass is 19.1. The Morgan fingerprint density at radius 3 is 2.84 bits per heavy atom. The van der Waals surface area contributed by atoms with Crippen LogP contribution < -0.4 is 5.73 Å². The molecule has 0 aliphatic carbocycles. The maximum atomic E-state index is 12.9. The van der Waals surface area contributed by atoms with E-state index in [9.17, 15) is 4.39 Å². The SMILES string of the molecule is N[C@@H](c1ccc(F)cc1)c1n[nH]c([C@H]2CCCO2)n1. The second kappa shape index (κ2) is 5.07. The van der Waals surface area contributed by atoms with Crippen LogP contribution in [0, 0.1) is 5.82 Å². The third-order valence-corrected chi connectivity index (χ3v) is 3.26. The van der Waals surface area contributed by atoms with Crippen molar-refractivity contribution in [3.8, 4) is 0 Å². The van der Waals surface area contributed by atoms with Gasteiger partial charge in [-0.1, -0.05) is 12.1 Å². The molecule has 2 aromatic rings. The number of halogens is 1. The Balaban J connectivity index is 1.79. The summed E-state index contributed by atoms with van der Waals surface area (Å²) in [5.74, 6) is 0.924. The molecule has 1 aliphatic heterocycles. The first kappa shape index (κ1) is 12.3. The molecule has 2 atom stereocenters. The molecule has 1 aromatic heterocycles. The molecule has 1 aromatic carbocycles. The average molecular weight is 262 g/mol. The van der Waals surface area contributed by atoms with Gasteiger partial charge < -0.3 is 10.5 Å². The van der Waals surface area contributed by atoms with Crippen molar-refractivity contribution in [1.29, 1.82) is 0 Å². The number of rotatable bonds is 3. The van der Waals surface area contributed by atoms with Crippen molar-refractivity contribution in [3.63, 3.8) is 0 Å². The maximum absolute atomic E-state index is 12.9. The molecule has 6 heteroatoms. The Morgan fingerprint density at radius 2 is 2.16 bits per heavy atom. The quantitative estimate of drug-likeness (QED) is 0.885. The zero-order valence-electron chi connectivity index (χ0n) is 10.3. The zero-order chi connectivity index (χ0) is 13.2. The monoisotopic (exact) mass is 262 g/mol. The molecule has 3 N–H and O–H groups in total. The molecule has 1 saturated heterocycles. The van der Waals surface area contributed by atoms with Crippen molar-refractivity contribution in [3.05, 3.63) is 47.3 Å². The summed E-state index contributed by atoms with van der Waals surface area (Å²) in [6.07, 6.45) is 1.96. The fourth-order valence-corrected chi connectivity index (χ4v) is 2.18. The smallest absolute Gasteiger partial charge is 0.171 e. The fourth-order valence-electron chi connectivity index (χ4n) is 2.18. The molecular formula is C13H15FN4O. The first-order valence-electron chi connectivity index (χ1n) is 6.29. The summed E-state index contributed by atoms with van der Waals surface area (Å²) >= 11 is 0. The van der Waals surface area contributed by atoms with Crippen LogP contribution in [0.5, 0.6) is 0 Å². The number of aromatic amines is 1. The van der Waals surface area contributed by atoms with Crippen LogP contribution in [0.2, 0.25) is 0 Å². The molecule has 1 aliphatic rings. The number of nitrogens with zero attached hydrogens (tertiary/aromatic N) is 2. The molecule has 19 heavy (non-hydrogen) atoms. The van der Waals surface area contributed by atoms with Gasteiger partial charge in [-0.05, 0) is 30.5 Å². The van der Waals surface area contributed by atoms with E-state index in [0.717, 1.165) is 25.0 Å². The summed E-state index contributed by atoms with van der Waals surface area (Å²) in [4.78, 5) is 4.38. The molecule has 0 radical (unpaired) electrons. The maximum Gasteiger partial charge on any atom is 0.171 e. The number of hydrogen-bond donors (Lipinski definition) is 2. The van der Waals surface area contributed by atoms with Crippen molar-refractivity contribution in [1.82, 2.24) is 15.2 Å². The number of ether oxygens (including phenoxy) is 1. The lowest BCUT2D eigenvalue weighted by molar-refractivity contribution is 0.105. The normalized spacial score (nSPS) is 20.6. The average Bonchev–Trinajstić information content (AvgIpc) is 3.10. The number of benzene rings is 1. The Bertz CT molecular complexity index is 548. The van der Waals surface area contributed by atoms with E-state index in [1.165, 1.54) is 12.1 Å². The van der Waals surface area contributed by atoms with E-state index in [4.69, 9.17) is 10.5 Å². The number of nitrogens with one attached hydrogen (secondary N) is 1. The number of H-pyrrole nitrogens is 1. The van der Waals surface area contributed by atoms with E-state index in [0.29, 0.717) is 11.6 Å². The van der Waals surface area contributed by atoms with Crippen molar-refractivity contribution < 1.29 is 9.13 Å². The highest BCUT2D eigenvalue weighted by molar-refractivity contribution is 5.24. The van der Waals surface area contributed by atoms with Gasteiger partial charge in [0.15, 0.2) is 11.6 Å². The van der Waals surface area contributed by atoms with Gasteiger partial charge >= 0.3 is 0 Å². The molecule has 5 nitrogen and oxygen atoms in total. The highest BCUT2D eigenvalue weighted by Crippen LogP contribution is 2.26. The Morgan fingerprint density at radius 1 is 1.37 bits per heavy atom. The first-order chi connectivity index (χ1) is 9.24. The first-order valence-corrected chi connectivity index (χ1v) is 6.29. The van der Waals surface area contributed by atoms with E-state index in [1.54, 1.807) is 12.1 Å². The van der Waals surface area contributed by atoms with Crippen molar-refractivity contribution in [2.75, 3.05) is 6.61 Å². The zero-order valence-corrected chi connectivity index (χ0v) is 10.3. The van der Waals surface area contributed by atoms with Crippen molar-refractivity contribution in [2.24, 2.45) is 5.73 Å². The summed E-state index contributed by atoms with van der Waals surface area (Å²) in [7, 11) is 0. The highest BCUT2D eigenvalue weighted by Gasteiger charge is 2.23. The molecule has 0 bridgehead atoms. The molecule has 0 saturated carbocycles. The number of nitrogens with two attached hydrogens (primary N) is 1. The summed E-state index contributed by atoms with van der Waals surface area (Å²) in [5, 5.41) is 6.99. The summed E-state index contributed by atoms with van der Waals surface area (Å²) in [6.45, 7) is 0.755. The van der Waals surface area contributed by atoms with E-state index in [2.05, 4.69) is 15.2 Å². The van der Waals surface area contributed by atoms with E-state index < -0.39 is 6.04 Å². The topological polar surface area (TPSA) is 76.8 Å². The summed E-state index contributed by atoms with van der Waals surface area (Å²) < 4.78 is 18.4. The van der Waals surface area contributed by atoms with Gasteiger partial charge in [0.05, 0.1) is 6.04 Å². The van der Waals surface area contributed by atoms with Crippen LogP contribution >= 0.6 is 0 Å². The predicted octanol–water partition coefficient (Wildman–Crippen LogP) is 1.84. The minimum atomic E-state index is -0.466. The predicted molar refractivity (Wildman–Crippen MR) is 66.7 cm³/mol. The molecule has 0 spiro atoms. The van der Waals surface area contributed by atoms with Crippen LogP contribution in [0.3, 0.4) is 0 Å². The van der Waals surface area contributed by atoms with Gasteiger partial charge in [0.25, 0.3) is 0 Å². The number of hydrogen-bond acceptors (Lipinski definition) is 4. The van der Waals surface area contributed by atoms with Gasteiger partial charge in [-0.15, -0.1) is 0 Å². The standard InChI is InChI=1S/C13H15FN4O/c14-9-5-3-8(4-6-9)11(15)13-16-12(17-18-13)10-2-1-7-19-10/h3-6,10-11H,1-2,7,15H2,(H,16,17,18)/t10-,11+/m1/s1. The van der Waals surface area contributed by atoms with Crippen LogP contribution in [-0.2, 0) is 4.74 Å². The number of aromatic nitrogens is 3. The molecule has 3 rings (SSSR count). The van der Waals surface area contributed by atoms with E-state index >= 15 is 0 Å². The van der Waals surface area contributed by atoms with Gasteiger partial charge in [-0.3, -0.25) is 5.10 Å². The van der Waals surface area contributed by atoms with Crippen LogP contribution in [0.4, 0.5) is 4.39 Å². The lowest BCUT2D eigenvalue weighted by Crippen LogP contribution is -2.13. The minimum absolute atomic E-state index is 0.0123. The fraction of sp³-hybridized carbons (Fsp3) is 0.385. The largest absolute Gasteiger partial charge is 0.370 e. The van der Waals surface area contributed by atoms with E-state index in [-0.39, 0.29) is 11.9 Å².